The molecule has 2 rings (SSSR count). The number of hydrogen-bond donors (Lipinski definition) is 2. The second kappa shape index (κ2) is 5.83. The highest BCUT2D eigenvalue weighted by atomic mass is 16.5. The Bertz CT molecular complexity index is 661. The Morgan fingerprint density at radius 1 is 1.19 bits per heavy atom. The number of rotatable bonds is 3. The number of oxime groups is 1. The molecule has 0 radical (unpaired) electrons. The van der Waals surface area contributed by atoms with Crippen LogP contribution in [0.25, 0.3) is 0 Å². The lowest BCUT2D eigenvalue weighted by atomic mass is 9.86. The highest BCUT2D eigenvalue weighted by Gasteiger charge is 2.19. The van der Waals surface area contributed by atoms with Gasteiger partial charge in [-0.2, -0.15) is 0 Å². The molecule has 0 bridgehead atoms. The molecule has 110 valence electrons. The third kappa shape index (κ3) is 3.31. The molecule has 0 aliphatic rings. The molecule has 2 aromatic rings. The second-order valence-electron chi connectivity index (χ2n) is 5.71. The lowest BCUT2D eigenvalue weighted by molar-refractivity contribution is 0.318. The minimum Gasteiger partial charge on any atom is -0.455 e. The predicted octanol–water partition coefficient (Wildman–Crippen LogP) is 3.27. The number of benzene rings is 1. The first kappa shape index (κ1) is 14.8. The van der Waals surface area contributed by atoms with Gasteiger partial charge in [-0.25, -0.2) is 0 Å². The normalized spacial score (nSPS) is 12.2. The molecule has 0 aliphatic heterocycles. The summed E-state index contributed by atoms with van der Waals surface area (Å²) in [5, 5.41) is 11.9. The molecule has 5 heteroatoms. The molecular weight excluding hydrogens is 266 g/mol. The van der Waals surface area contributed by atoms with Crippen molar-refractivity contribution in [2.75, 3.05) is 0 Å². The van der Waals surface area contributed by atoms with Crippen molar-refractivity contribution in [3.8, 4) is 11.5 Å². The van der Waals surface area contributed by atoms with Crippen LogP contribution in [0.2, 0.25) is 0 Å². The van der Waals surface area contributed by atoms with Gasteiger partial charge in [0.1, 0.15) is 5.75 Å². The van der Waals surface area contributed by atoms with E-state index in [-0.39, 0.29) is 11.3 Å². The molecule has 0 aliphatic carbocycles. The van der Waals surface area contributed by atoms with Gasteiger partial charge in [0.2, 0.25) is 0 Å². The van der Waals surface area contributed by atoms with Crippen molar-refractivity contribution >= 4 is 5.84 Å². The molecule has 0 amide bonds. The van der Waals surface area contributed by atoms with E-state index in [1.807, 2.05) is 24.3 Å². The van der Waals surface area contributed by atoms with E-state index in [0.717, 1.165) is 11.3 Å². The maximum absolute atomic E-state index is 8.85. The summed E-state index contributed by atoms with van der Waals surface area (Å²) in [4.78, 5) is 4.03. The summed E-state index contributed by atoms with van der Waals surface area (Å²) < 4.78 is 5.96. The van der Waals surface area contributed by atoms with Crippen molar-refractivity contribution in [3.05, 3.63) is 53.9 Å². The first-order valence-corrected chi connectivity index (χ1v) is 6.62. The number of amidine groups is 1. The molecular formula is C16H19N3O2. The SMILES string of the molecule is CC(C)(C)c1ccccc1Oc1cnccc1/C(N)=N/O. The average molecular weight is 285 g/mol. The number of hydrogen-bond acceptors (Lipinski definition) is 4. The molecule has 0 spiro atoms. The summed E-state index contributed by atoms with van der Waals surface area (Å²) in [5.74, 6) is 1.16. The fraction of sp³-hybridized carbons (Fsp3) is 0.250. The molecule has 1 aromatic heterocycles. The van der Waals surface area contributed by atoms with Crippen molar-refractivity contribution in [3.63, 3.8) is 0 Å². The highest BCUT2D eigenvalue weighted by Crippen LogP contribution is 2.34. The van der Waals surface area contributed by atoms with Crippen molar-refractivity contribution < 1.29 is 9.94 Å². The van der Waals surface area contributed by atoms with E-state index >= 15 is 0 Å². The van der Waals surface area contributed by atoms with Crippen LogP contribution in [0.3, 0.4) is 0 Å². The first-order chi connectivity index (χ1) is 9.93. The Hall–Kier alpha value is -2.56. The molecule has 0 saturated carbocycles. The Labute approximate surface area is 124 Å². The fourth-order valence-corrected chi connectivity index (χ4v) is 2.02. The Morgan fingerprint density at radius 3 is 2.57 bits per heavy atom. The molecule has 21 heavy (non-hydrogen) atoms. The van der Waals surface area contributed by atoms with E-state index in [1.54, 1.807) is 18.5 Å². The molecule has 5 nitrogen and oxygen atoms in total. The lowest BCUT2D eigenvalue weighted by Crippen LogP contribution is -2.15. The van der Waals surface area contributed by atoms with Crippen molar-refractivity contribution in [1.29, 1.82) is 0 Å². The van der Waals surface area contributed by atoms with Gasteiger partial charge in [-0.15, -0.1) is 0 Å². The van der Waals surface area contributed by atoms with Gasteiger partial charge in [0.05, 0.1) is 11.8 Å². The van der Waals surface area contributed by atoms with Crippen LogP contribution in [0, 0.1) is 0 Å². The van der Waals surface area contributed by atoms with Gasteiger partial charge < -0.3 is 15.7 Å². The number of nitrogens with zero attached hydrogens (tertiary/aromatic N) is 2. The molecule has 0 atom stereocenters. The Morgan fingerprint density at radius 2 is 1.90 bits per heavy atom. The van der Waals surface area contributed by atoms with Gasteiger partial charge in [-0.3, -0.25) is 4.98 Å². The summed E-state index contributed by atoms with van der Waals surface area (Å²) in [7, 11) is 0. The molecule has 0 saturated heterocycles. The van der Waals surface area contributed by atoms with E-state index in [1.165, 1.54) is 0 Å². The van der Waals surface area contributed by atoms with Crippen LogP contribution >= 0.6 is 0 Å². The van der Waals surface area contributed by atoms with Crippen LogP contribution in [0.4, 0.5) is 0 Å². The number of aromatic nitrogens is 1. The third-order valence-electron chi connectivity index (χ3n) is 3.08. The van der Waals surface area contributed by atoms with Crippen molar-refractivity contribution in [1.82, 2.24) is 4.98 Å². The van der Waals surface area contributed by atoms with E-state index in [9.17, 15) is 0 Å². The summed E-state index contributed by atoms with van der Waals surface area (Å²) in [6.07, 6.45) is 3.11. The van der Waals surface area contributed by atoms with E-state index in [2.05, 4.69) is 30.9 Å². The maximum atomic E-state index is 8.85. The second-order valence-corrected chi connectivity index (χ2v) is 5.71. The first-order valence-electron chi connectivity index (χ1n) is 6.62. The molecule has 1 heterocycles. The standard InChI is InChI=1S/C16H19N3O2/c1-16(2,3)12-6-4-5-7-13(12)21-14-10-18-9-8-11(14)15(17)19-20/h4-10,20H,1-3H3,(H2,17,19). The van der Waals surface area contributed by atoms with Crippen LogP contribution in [-0.4, -0.2) is 16.0 Å². The number of pyridine rings is 1. The van der Waals surface area contributed by atoms with E-state index in [4.69, 9.17) is 15.7 Å². The maximum Gasteiger partial charge on any atom is 0.173 e. The zero-order chi connectivity index (χ0) is 15.5. The predicted molar refractivity (Wildman–Crippen MR) is 82.0 cm³/mol. The molecule has 1 aromatic carbocycles. The van der Waals surface area contributed by atoms with Gasteiger partial charge in [0.25, 0.3) is 0 Å². The zero-order valence-electron chi connectivity index (χ0n) is 12.4. The minimum atomic E-state index is -0.0599. The van der Waals surface area contributed by atoms with Crippen molar-refractivity contribution in [2.45, 2.75) is 26.2 Å². The Kier molecular flexibility index (Phi) is 4.12. The third-order valence-corrected chi connectivity index (χ3v) is 3.08. The van der Waals surface area contributed by atoms with Gasteiger partial charge in [-0.1, -0.05) is 44.1 Å². The largest absolute Gasteiger partial charge is 0.455 e. The van der Waals surface area contributed by atoms with Crippen LogP contribution < -0.4 is 10.5 Å². The van der Waals surface area contributed by atoms with Crippen LogP contribution in [0.1, 0.15) is 31.9 Å². The number of para-hydroxylation sites is 1. The molecule has 3 N–H and O–H groups in total. The fourth-order valence-electron chi connectivity index (χ4n) is 2.02. The van der Waals surface area contributed by atoms with Crippen LogP contribution in [0.15, 0.2) is 47.9 Å². The zero-order valence-corrected chi connectivity index (χ0v) is 12.4. The number of ether oxygens (including phenoxy) is 1. The average Bonchev–Trinajstić information content (AvgIpc) is 2.46. The van der Waals surface area contributed by atoms with E-state index in [0.29, 0.717) is 11.3 Å². The lowest BCUT2D eigenvalue weighted by Gasteiger charge is -2.22. The molecule has 0 unspecified atom stereocenters. The van der Waals surface area contributed by atoms with Crippen LogP contribution in [0.5, 0.6) is 11.5 Å². The van der Waals surface area contributed by atoms with Gasteiger partial charge in [0.15, 0.2) is 11.6 Å². The van der Waals surface area contributed by atoms with Gasteiger partial charge in [-0.05, 0) is 17.5 Å². The quantitative estimate of drug-likeness (QED) is 0.392. The van der Waals surface area contributed by atoms with Gasteiger partial charge >= 0.3 is 0 Å². The topological polar surface area (TPSA) is 80.7 Å². The Balaban J connectivity index is 2.45. The summed E-state index contributed by atoms with van der Waals surface area (Å²) in [6, 6.07) is 9.44. The monoisotopic (exact) mass is 285 g/mol. The van der Waals surface area contributed by atoms with Crippen LogP contribution in [-0.2, 0) is 5.41 Å². The summed E-state index contributed by atoms with van der Waals surface area (Å²) in [6.45, 7) is 6.34. The summed E-state index contributed by atoms with van der Waals surface area (Å²) in [5.41, 5.74) is 7.17. The molecule has 0 fully saturated rings. The number of nitrogens with two attached hydrogens (primary N) is 1. The van der Waals surface area contributed by atoms with Gasteiger partial charge in [0, 0.05) is 11.8 Å². The van der Waals surface area contributed by atoms with E-state index < -0.39 is 0 Å². The van der Waals surface area contributed by atoms with Crippen molar-refractivity contribution in [2.24, 2.45) is 10.9 Å². The summed E-state index contributed by atoms with van der Waals surface area (Å²) >= 11 is 0. The smallest absolute Gasteiger partial charge is 0.173 e. The highest BCUT2D eigenvalue weighted by molar-refractivity contribution is 5.99. The minimum absolute atomic E-state index is 0.0133.